The molecule has 30 heavy (non-hydrogen) atoms. The van der Waals surface area contributed by atoms with Crippen LogP contribution in [0.25, 0.3) is 39.4 Å². The minimum Gasteiger partial charge on any atom is -0.282 e. The highest BCUT2D eigenvalue weighted by Crippen LogP contribution is 2.34. The molecular formula is C24H14Cl2FN3. The molecule has 0 aliphatic rings. The van der Waals surface area contributed by atoms with Gasteiger partial charge in [0.15, 0.2) is 0 Å². The Morgan fingerprint density at radius 3 is 2.07 bits per heavy atom. The Morgan fingerprint density at radius 1 is 0.733 bits per heavy atom. The van der Waals surface area contributed by atoms with Gasteiger partial charge in [-0.1, -0.05) is 59.6 Å². The van der Waals surface area contributed by atoms with Crippen LogP contribution in [0.5, 0.6) is 0 Å². The summed E-state index contributed by atoms with van der Waals surface area (Å²) in [5, 5.41) is 1.31. The van der Waals surface area contributed by atoms with Gasteiger partial charge in [0.05, 0.1) is 11.4 Å². The second kappa shape index (κ2) is 7.56. The zero-order valence-corrected chi connectivity index (χ0v) is 17.1. The van der Waals surface area contributed by atoms with E-state index in [4.69, 9.17) is 28.2 Å². The van der Waals surface area contributed by atoms with Crippen LogP contribution >= 0.6 is 23.2 Å². The average molecular weight is 434 g/mol. The van der Waals surface area contributed by atoms with Crippen molar-refractivity contribution in [3.05, 3.63) is 101 Å². The van der Waals surface area contributed by atoms with E-state index in [0.29, 0.717) is 15.8 Å². The molecule has 0 fully saturated rings. The van der Waals surface area contributed by atoms with E-state index in [-0.39, 0.29) is 5.82 Å². The Labute approximate surface area is 182 Å². The Balaban J connectivity index is 1.78. The molecule has 0 radical (unpaired) electrons. The number of hydrogen-bond acceptors (Lipinski definition) is 2. The topological polar surface area (TPSA) is 30.2 Å². The molecule has 0 aliphatic heterocycles. The van der Waals surface area contributed by atoms with E-state index in [1.165, 1.54) is 12.1 Å². The fourth-order valence-corrected chi connectivity index (χ4v) is 3.70. The highest BCUT2D eigenvalue weighted by Gasteiger charge is 2.17. The molecule has 2 aromatic heterocycles. The number of aromatic nitrogens is 3. The van der Waals surface area contributed by atoms with Crippen LogP contribution in [0.3, 0.4) is 0 Å². The highest BCUT2D eigenvalue weighted by atomic mass is 35.5. The third-order valence-electron chi connectivity index (χ3n) is 4.87. The fourth-order valence-electron chi connectivity index (χ4n) is 3.44. The van der Waals surface area contributed by atoms with E-state index in [1.54, 1.807) is 12.3 Å². The summed E-state index contributed by atoms with van der Waals surface area (Å²) in [5.74, 6) is 0.253. The zero-order valence-electron chi connectivity index (χ0n) is 15.6. The van der Waals surface area contributed by atoms with Crippen LogP contribution < -0.4 is 0 Å². The number of hydrogen-bond donors (Lipinski definition) is 0. The third-order valence-corrected chi connectivity index (χ3v) is 5.38. The first-order valence-electron chi connectivity index (χ1n) is 9.24. The van der Waals surface area contributed by atoms with Crippen LogP contribution in [0.1, 0.15) is 0 Å². The lowest BCUT2D eigenvalue weighted by Crippen LogP contribution is -1.93. The lowest BCUT2D eigenvalue weighted by molar-refractivity contribution is 0.628. The smallest absolute Gasteiger partial charge is 0.234 e. The van der Waals surface area contributed by atoms with Gasteiger partial charge < -0.3 is 0 Å². The molecule has 3 nitrogen and oxygen atoms in total. The number of rotatable bonds is 3. The molecule has 5 rings (SSSR count). The van der Waals surface area contributed by atoms with Crippen LogP contribution in [0.2, 0.25) is 10.0 Å². The third kappa shape index (κ3) is 3.45. The first kappa shape index (κ1) is 18.8. The van der Waals surface area contributed by atoms with Gasteiger partial charge in [0.1, 0.15) is 5.82 Å². The minimum atomic E-state index is -0.294. The predicted octanol–water partition coefficient (Wildman–Crippen LogP) is 7.18. The van der Waals surface area contributed by atoms with Crippen LogP contribution in [0, 0.1) is 5.82 Å². The van der Waals surface area contributed by atoms with Gasteiger partial charge in [0.2, 0.25) is 5.78 Å². The molecule has 0 atom stereocenters. The Hall–Kier alpha value is -3.21. The van der Waals surface area contributed by atoms with Crippen molar-refractivity contribution in [2.24, 2.45) is 0 Å². The molecule has 0 aliphatic carbocycles. The minimum absolute atomic E-state index is 0.294. The van der Waals surface area contributed by atoms with Gasteiger partial charge in [-0.3, -0.25) is 4.40 Å². The van der Waals surface area contributed by atoms with E-state index in [2.05, 4.69) is 4.98 Å². The number of nitrogens with zero attached hydrogens (tertiary/aromatic N) is 3. The van der Waals surface area contributed by atoms with Gasteiger partial charge in [-0.2, -0.15) is 0 Å². The molecule has 0 unspecified atom stereocenters. The largest absolute Gasteiger partial charge is 0.282 e. The van der Waals surface area contributed by atoms with E-state index in [9.17, 15) is 4.39 Å². The zero-order chi connectivity index (χ0) is 20.7. The number of imidazole rings is 1. The van der Waals surface area contributed by atoms with E-state index in [0.717, 1.165) is 33.6 Å². The number of benzene rings is 3. The summed E-state index contributed by atoms with van der Waals surface area (Å²) in [6.07, 6.45) is 3.63. The monoisotopic (exact) mass is 433 g/mol. The number of halogens is 3. The summed E-state index contributed by atoms with van der Waals surface area (Å²) in [7, 11) is 0. The highest BCUT2D eigenvalue weighted by molar-refractivity contribution is 6.31. The fraction of sp³-hybridized carbons (Fsp3) is 0. The summed E-state index contributed by atoms with van der Waals surface area (Å²) in [6.45, 7) is 0. The molecule has 0 amide bonds. The van der Waals surface area contributed by atoms with Gasteiger partial charge in [0.25, 0.3) is 0 Å². The lowest BCUT2D eigenvalue weighted by Gasteiger charge is -2.08. The van der Waals surface area contributed by atoms with Gasteiger partial charge in [-0.15, -0.1) is 0 Å². The van der Waals surface area contributed by atoms with E-state index >= 15 is 0 Å². The summed E-state index contributed by atoms with van der Waals surface area (Å²) < 4.78 is 15.7. The number of fused-ring (bicyclic) bond motifs is 1. The maximum absolute atomic E-state index is 13.7. The summed E-state index contributed by atoms with van der Waals surface area (Å²) in [4.78, 5) is 9.30. The molecule has 0 saturated heterocycles. The molecule has 5 aromatic rings. The normalized spacial score (nSPS) is 11.2. The summed E-state index contributed by atoms with van der Waals surface area (Å²) in [5.41, 5.74) is 5.04. The van der Waals surface area contributed by atoms with Crippen LogP contribution in [0.4, 0.5) is 4.39 Å². The molecule has 0 spiro atoms. The average Bonchev–Trinajstić information content (AvgIpc) is 3.13. The molecule has 6 heteroatoms. The van der Waals surface area contributed by atoms with Gasteiger partial charge in [0, 0.05) is 39.1 Å². The standard InChI is InChI=1S/C24H14Cl2FN3/c25-19-8-4-15(5-9-19)22-23(16-6-10-20(26)11-7-16)30-14-18(13-28-24(30)29-22)17-2-1-3-21(27)12-17/h1-14H. The van der Waals surface area contributed by atoms with Crippen molar-refractivity contribution in [2.45, 2.75) is 0 Å². The molecule has 3 aromatic carbocycles. The van der Waals surface area contributed by atoms with Crippen LogP contribution in [-0.2, 0) is 0 Å². The van der Waals surface area contributed by atoms with Crippen molar-refractivity contribution in [3.8, 4) is 33.6 Å². The molecular weight excluding hydrogens is 420 g/mol. The summed E-state index contributed by atoms with van der Waals surface area (Å²) in [6, 6.07) is 21.5. The SMILES string of the molecule is Fc1cccc(-c2cnc3nc(-c4ccc(Cl)cc4)c(-c4ccc(Cl)cc4)n3c2)c1. The van der Waals surface area contributed by atoms with Gasteiger partial charge in [-0.25, -0.2) is 14.4 Å². The second-order valence-corrected chi connectivity index (χ2v) is 7.72. The van der Waals surface area contributed by atoms with Crippen molar-refractivity contribution in [3.63, 3.8) is 0 Å². The van der Waals surface area contributed by atoms with Crippen molar-refractivity contribution >= 4 is 29.0 Å². The van der Waals surface area contributed by atoms with Crippen molar-refractivity contribution in [2.75, 3.05) is 0 Å². The summed E-state index contributed by atoms with van der Waals surface area (Å²) >= 11 is 12.2. The molecule has 0 N–H and O–H groups in total. The first-order chi connectivity index (χ1) is 14.6. The van der Waals surface area contributed by atoms with Gasteiger partial charge in [-0.05, 0) is 42.0 Å². The van der Waals surface area contributed by atoms with E-state index < -0.39 is 0 Å². The van der Waals surface area contributed by atoms with Crippen molar-refractivity contribution in [1.29, 1.82) is 0 Å². The van der Waals surface area contributed by atoms with Crippen LogP contribution in [-0.4, -0.2) is 14.4 Å². The second-order valence-electron chi connectivity index (χ2n) is 6.85. The van der Waals surface area contributed by atoms with Crippen molar-refractivity contribution < 1.29 is 4.39 Å². The Morgan fingerprint density at radius 2 is 1.40 bits per heavy atom. The van der Waals surface area contributed by atoms with Crippen LogP contribution in [0.15, 0.2) is 85.2 Å². The first-order valence-corrected chi connectivity index (χ1v) is 10.00. The molecule has 0 saturated carbocycles. The van der Waals surface area contributed by atoms with E-state index in [1.807, 2.05) is 65.2 Å². The molecule has 2 heterocycles. The van der Waals surface area contributed by atoms with Crippen molar-refractivity contribution in [1.82, 2.24) is 14.4 Å². The quantitative estimate of drug-likeness (QED) is 0.301. The Kier molecular flexibility index (Phi) is 4.74. The molecule has 146 valence electrons. The maximum atomic E-state index is 13.7. The lowest BCUT2D eigenvalue weighted by atomic mass is 10.0. The Bertz CT molecular complexity index is 1360. The van der Waals surface area contributed by atoms with Gasteiger partial charge >= 0.3 is 0 Å². The maximum Gasteiger partial charge on any atom is 0.234 e. The molecule has 0 bridgehead atoms. The predicted molar refractivity (Wildman–Crippen MR) is 119 cm³/mol.